The molecule has 1 heterocycles. The fourth-order valence-corrected chi connectivity index (χ4v) is 2.25. The summed E-state index contributed by atoms with van der Waals surface area (Å²) < 4.78 is 5.73. The predicted octanol–water partition coefficient (Wildman–Crippen LogP) is 4.62. The van der Waals surface area contributed by atoms with E-state index < -0.39 is 0 Å². The van der Waals surface area contributed by atoms with Gasteiger partial charge >= 0.3 is 0 Å². The fourth-order valence-electron chi connectivity index (χ4n) is 2.25. The Hall–Kier alpha value is -2.62. The molecule has 0 saturated heterocycles. The lowest BCUT2D eigenvalue weighted by atomic mass is 10.2. The molecule has 0 saturated carbocycles. The van der Waals surface area contributed by atoms with Gasteiger partial charge in [0.15, 0.2) is 5.58 Å². The van der Waals surface area contributed by atoms with E-state index in [1.165, 1.54) is 0 Å². The van der Waals surface area contributed by atoms with Gasteiger partial charge in [0.05, 0.1) is 0 Å². The van der Waals surface area contributed by atoms with E-state index >= 15 is 0 Å². The van der Waals surface area contributed by atoms with Crippen molar-refractivity contribution in [3.05, 3.63) is 48.5 Å². The molecule has 3 aromatic rings. The normalized spacial score (nSPS) is 10.8. The van der Waals surface area contributed by atoms with Crippen LogP contribution in [0, 0.1) is 0 Å². The number of hydrogen-bond acceptors (Lipinski definition) is 3. The summed E-state index contributed by atoms with van der Waals surface area (Å²) >= 11 is 0. The third-order valence-corrected chi connectivity index (χ3v) is 3.47. The first-order valence-corrected chi connectivity index (χ1v) is 7.52. The number of rotatable bonds is 5. The minimum atomic E-state index is 0.0523. The molecule has 0 radical (unpaired) electrons. The molecule has 0 spiro atoms. The van der Waals surface area contributed by atoms with Crippen molar-refractivity contribution in [2.24, 2.45) is 0 Å². The minimum Gasteiger partial charge on any atom is -0.436 e. The van der Waals surface area contributed by atoms with Gasteiger partial charge in [-0.25, -0.2) is 4.98 Å². The van der Waals surface area contributed by atoms with Gasteiger partial charge < -0.3 is 9.73 Å². The number of anilines is 1. The Balaban J connectivity index is 1.74. The summed E-state index contributed by atoms with van der Waals surface area (Å²) in [6.45, 7) is 2.07. The van der Waals surface area contributed by atoms with Crippen LogP contribution in [0.4, 0.5) is 5.69 Å². The second-order valence-electron chi connectivity index (χ2n) is 5.22. The molecule has 112 valence electrons. The lowest BCUT2D eigenvalue weighted by Crippen LogP contribution is -2.10. The second-order valence-corrected chi connectivity index (χ2v) is 5.22. The predicted molar refractivity (Wildman–Crippen MR) is 87.6 cm³/mol. The number of benzene rings is 2. The standard InChI is InChI=1S/C18H18N2O2/c1-2-3-8-17(21)19-14-11-9-13(10-12-14)18-20-15-6-4-5-7-16(15)22-18/h4-7,9-12H,2-3,8H2,1H3,(H,19,21). The Morgan fingerprint density at radius 3 is 2.64 bits per heavy atom. The molecule has 22 heavy (non-hydrogen) atoms. The number of nitrogens with zero attached hydrogens (tertiary/aromatic N) is 1. The summed E-state index contributed by atoms with van der Waals surface area (Å²) in [7, 11) is 0. The van der Waals surface area contributed by atoms with Crippen LogP contribution in [-0.2, 0) is 4.79 Å². The molecule has 0 aliphatic rings. The van der Waals surface area contributed by atoms with Crippen LogP contribution in [0.15, 0.2) is 52.9 Å². The van der Waals surface area contributed by atoms with Crippen molar-refractivity contribution in [1.29, 1.82) is 0 Å². The highest BCUT2D eigenvalue weighted by Gasteiger charge is 2.08. The SMILES string of the molecule is CCCCC(=O)Nc1ccc(-c2nc3ccccc3o2)cc1. The van der Waals surface area contributed by atoms with Gasteiger partial charge in [-0.2, -0.15) is 0 Å². The highest BCUT2D eigenvalue weighted by molar-refractivity contribution is 5.90. The Labute approximate surface area is 129 Å². The van der Waals surface area contributed by atoms with Crippen molar-refractivity contribution in [2.75, 3.05) is 5.32 Å². The summed E-state index contributed by atoms with van der Waals surface area (Å²) in [6, 6.07) is 15.2. The van der Waals surface area contributed by atoms with E-state index in [9.17, 15) is 4.79 Å². The molecule has 0 unspecified atom stereocenters. The maximum absolute atomic E-state index is 11.7. The van der Waals surface area contributed by atoms with Gasteiger partial charge in [-0.1, -0.05) is 25.5 Å². The van der Waals surface area contributed by atoms with Crippen molar-refractivity contribution in [3.63, 3.8) is 0 Å². The molecule has 4 heteroatoms. The number of amides is 1. The van der Waals surface area contributed by atoms with Crippen LogP contribution in [0.5, 0.6) is 0 Å². The molecule has 4 nitrogen and oxygen atoms in total. The highest BCUT2D eigenvalue weighted by Crippen LogP contribution is 2.25. The zero-order valence-corrected chi connectivity index (χ0v) is 12.5. The molecule has 0 aliphatic heterocycles. The van der Waals surface area contributed by atoms with Crippen LogP contribution >= 0.6 is 0 Å². The van der Waals surface area contributed by atoms with E-state index in [4.69, 9.17) is 4.42 Å². The molecule has 0 aliphatic carbocycles. The van der Waals surface area contributed by atoms with Crippen LogP contribution in [0.25, 0.3) is 22.6 Å². The van der Waals surface area contributed by atoms with Crippen LogP contribution in [0.1, 0.15) is 26.2 Å². The number of nitrogens with one attached hydrogen (secondary N) is 1. The van der Waals surface area contributed by atoms with E-state index in [-0.39, 0.29) is 5.91 Å². The highest BCUT2D eigenvalue weighted by atomic mass is 16.3. The topological polar surface area (TPSA) is 55.1 Å². The molecule has 0 atom stereocenters. The van der Waals surface area contributed by atoms with Crippen molar-refractivity contribution in [3.8, 4) is 11.5 Å². The summed E-state index contributed by atoms with van der Waals surface area (Å²) in [5, 5.41) is 2.89. The summed E-state index contributed by atoms with van der Waals surface area (Å²) in [4.78, 5) is 16.2. The largest absolute Gasteiger partial charge is 0.436 e. The average Bonchev–Trinajstić information content (AvgIpc) is 2.97. The maximum Gasteiger partial charge on any atom is 0.227 e. The van der Waals surface area contributed by atoms with E-state index in [2.05, 4.69) is 17.2 Å². The number of fused-ring (bicyclic) bond motifs is 1. The van der Waals surface area contributed by atoms with Gasteiger partial charge in [0.1, 0.15) is 5.52 Å². The Kier molecular flexibility index (Phi) is 4.19. The zero-order chi connectivity index (χ0) is 15.4. The van der Waals surface area contributed by atoms with Crippen molar-refractivity contribution in [1.82, 2.24) is 4.98 Å². The molecular formula is C18H18N2O2. The Bertz CT molecular complexity index is 742. The number of carbonyl (C=O) groups excluding carboxylic acids is 1. The number of hydrogen-bond donors (Lipinski definition) is 1. The maximum atomic E-state index is 11.7. The van der Waals surface area contributed by atoms with Crippen LogP contribution < -0.4 is 5.32 Å². The first-order valence-electron chi connectivity index (χ1n) is 7.52. The summed E-state index contributed by atoms with van der Waals surface area (Å²) in [5.41, 5.74) is 3.30. The van der Waals surface area contributed by atoms with Crippen molar-refractivity contribution < 1.29 is 9.21 Å². The molecular weight excluding hydrogens is 276 g/mol. The molecule has 1 aromatic heterocycles. The van der Waals surface area contributed by atoms with Crippen molar-refractivity contribution >= 4 is 22.7 Å². The van der Waals surface area contributed by atoms with Crippen molar-refractivity contribution in [2.45, 2.75) is 26.2 Å². The van der Waals surface area contributed by atoms with Gasteiger partial charge in [0, 0.05) is 17.7 Å². The Morgan fingerprint density at radius 1 is 1.14 bits per heavy atom. The number of unbranched alkanes of at least 4 members (excludes halogenated alkanes) is 1. The first-order chi connectivity index (χ1) is 10.8. The van der Waals surface area contributed by atoms with E-state index in [0.29, 0.717) is 12.3 Å². The van der Waals surface area contributed by atoms with Crippen LogP contribution in [0.3, 0.4) is 0 Å². The molecule has 1 amide bonds. The van der Waals surface area contributed by atoms with Gasteiger partial charge in [-0.05, 0) is 42.8 Å². The number of para-hydroxylation sites is 2. The first kappa shape index (κ1) is 14.3. The van der Waals surface area contributed by atoms with E-state index in [1.54, 1.807) is 0 Å². The second kappa shape index (κ2) is 6.43. The van der Waals surface area contributed by atoms with E-state index in [1.807, 2.05) is 48.5 Å². The third-order valence-electron chi connectivity index (χ3n) is 3.47. The lowest BCUT2D eigenvalue weighted by molar-refractivity contribution is -0.116. The fraction of sp³-hybridized carbons (Fsp3) is 0.222. The van der Waals surface area contributed by atoms with Gasteiger partial charge in [0.25, 0.3) is 0 Å². The molecule has 2 aromatic carbocycles. The molecule has 3 rings (SSSR count). The summed E-state index contributed by atoms with van der Waals surface area (Å²) in [6.07, 6.45) is 2.49. The number of carbonyl (C=O) groups is 1. The monoisotopic (exact) mass is 294 g/mol. The van der Waals surface area contributed by atoms with Gasteiger partial charge in [0.2, 0.25) is 11.8 Å². The number of oxazole rings is 1. The average molecular weight is 294 g/mol. The van der Waals surface area contributed by atoms with Crippen LogP contribution in [-0.4, -0.2) is 10.9 Å². The third kappa shape index (κ3) is 3.17. The Morgan fingerprint density at radius 2 is 1.91 bits per heavy atom. The van der Waals surface area contributed by atoms with Gasteiger partial charge in [-0.3, -0.25) is 4.79 Å². The van der Waals surface area contributed by atoms with Gasteiger partial charge in [-0.15, -0.1) is 0 Å². The minimum absolute atomic E-state index is 0.0523. The number of aromatic nitrogens is 1. The molecule has 0 fully saturated rings. The van der Waals surface area contributed by atoms with Crippen LogP contribution in [0.2, 0.25) is 0 Å². The molecule has 1 N–H and O–H groups in total. The quantitative estimate of drug-likeness (QED) is 0.746. The smallest absolute Gasteiger partial charge is 0.227 e. The lowest BCUT2D eigenvalue weighted by Gasteiger charge is -2.05. The molecule has 0 bridgehead atoms. The van der Waals surface area contributed by atoms with E-state index in [0.717, 1.165) is 35.2 Å². The summed E-state index contributed by atoms with van der Waals surface area (Å²) in [5.74, 6) is 0.640. The zero-order valence-electron chi connectivity index (χ0n) is 12.5.